The molecule has 1 atom stereocenters. The highest BCUT2D eigenvalue weighted by Gasteiger charge is 2.19. The normalized spacial score (nSPS) is 12.2. The van der Waals surface area contributed by atoms with Gasteiger partial charge in [0.1, 0.15) is 13.2 Å². The van der Waals surface area contributed by atoms with Gasteiger partial charge in [-0.15, -0.1) is 0 Å². The van der Waals surface area contributed by atoms with E-state index in [0.717, 1.165) is 70.6 Å². The summed E-state index contributed by atoms with van der Waals surface area (Å²) < 4.78 is 16.7. The molecule has 0 aliphatic carbocycles. The Kier molecular flexibility index (Phi) is 55.2. The van der Waals surface area contributed by atoms with Crippen molar-refractivity contribution in [2.75, 3.05) is 13.2 Å². The molecule has 0 heterocycles. The summed E-state index contributed by atoms with van der Waals surface area (Å²) >= 11 is 0. The number of allylic oxidation sites excluding steroid dienone is 6. The Labute approximate surface area is 423 Å². The second kappa shape index (κ2) is 57.2. The molecular formula is C62H114O6. The van der Waals surface area contributed by atoms with Gasteiger partial charge in [-0.2, -0.15) is 0 Å². The van der Waals surface area contributed by atoms with Crippen molar-refractivity contribution in [1.29, 1.82) is 0 Å². The second-order valence-corrected chi connectivity index (χ2v) is 20.3. The lowest BCUT2D eigenvalue weighted by atomic mass is 10.0. The van der Waals surface area contributed by atoms with E-state index in [-0.39, 0.29) is 31.1 Å². The van der Waals surface area contributed by atoms with Crippen LogP contribution in [0.5, 0.6) is 0 Å². The van der Waals surface area contributed by atoms with E-state index in [1.54, 1.807) is 0 Å². The summed E-state index contributed by atoms with van der Waals surface area (Å²) in [5.74, 6) is -0.860. The van der Waals surface area contributed by atoms with E-state index in [4.69, 9.17) is 14.2 Å². The zero-order valence-corrected chi connectivity index (χ0v) is 45.6. The maximum atomic E-state index is 12.7. The van der Waals surface area contributed by atoms with E-state index < -0.39 is 6.10 Å². The van der Waals surface area contributed by atoms with Crippen LogP contribution in [0.25, 0.3) is 0 Å². The van der Waals surface area contributed by atoms with Gasteiger partial charge in [-0.25, -0.2) is 0 Å². The van der Waals surface area contributed by atoms with Crippen LogP contribution in [0.2, 0.25) is 0 Å². The predicted octanol–water partition coefficient (Wildman–Crippen LogP) is 20.0. The minimum atomic E-state index is -0.762. The van der Waals surface area contributed by atoms with Crippen molar-refractivity contribution in [3.8, 4) is 0 Å². The minimum Gasteiger partial charge on any atom is -0.462 e. The van der Waals surface area contributed by atoms with Gasteiger partial charge in [0.2, 0.25) is 0 Å². The molecule has 0 aromatic rings. The fraction of sp³-hybridized carbons (Fsp3) is 0.855. The van der Waals surface area contributed by atoms with Crippen molar-refractivity contribution >= 4 is 17.9 Å². The Morgan fingerprint density at radius 3 is 0.824 bits per heavy atom. The van der Waals surface area contributed by atoms with E-state index in [2.05, 4.69) is 57.2 Å². The van der Waals surface area contributed by atoms with Gasteiger partial charge in [-0.05, 0) is 57.8 Å². The predicted molar refractivity (Wildman–Crippen MR) is 293 cm³/mol. The van der Waals surface area contributed by atoms with Gasteiger partial charge in [0.15, 0.2) is 6.10 Å². The monoisotopic (exact) mass is 955 g/mol. The van der Waals surface area contributed by atoms with Crippen LogP contribution in [0.1, 0.15) is 323 Å². The molecule has 0 aromatic heterocycles. The number of ether oxygens (including phenoxy) is 3. The van der Waals surface area contributed by atoms with E-state index in [9.17, 15) is 14.4 Å². The van der Waals surface area contributed by atoms with Crippen LogP contribution in [0, 0.1) is 0 Å². The number of carbonyl (C=O) groups is 3. The molecule has 0 aromatic carbocycles. The van der Waals surface area contributed by atoms with Gasteiger partial charge in [0.25, 0.3) is 0 Å². The zero-order valence-electron chi connectivity index (χ0n) is 45.6. The Morgan fingerprint density at radius 1 is 0.294 bits per heavy atom. The number of carbonyl (C=O) groups excluding carboxylic acids is 3. The molecule has 0 aliphatic heterocycles. The molecule has 0 amide bonds. The van der Waals surface area contributed by atoms with Crippen molar-refractivity contribution in [2.24, 2.45) is 0 Å². The molecule has 0 spiro atoms. The van der Waals surface area contributed by atoms with Crippen LogP contribution in [0.3, 0.4) is 0 Å². The van der Waals surface area contributed by atoms with Crippen LogP contribution in [0.15, 0.2) is 36.5 Å². The SMILES string of the molecule is CCCCCCC/C=C\C/C=C\C/C=C\CCCCCCCCCCCCCCCCCCCCC(=O)OCC(COC(=O)CCCCCCCCC)OC(=O)CCCCCCCCCCCC. The molecule has 0 fully saturated rings. The van der Waals surface area contributed by atoms with Crippen molar-refractivity contribution in [2.45, 2.75) is 329 Å². The molecule has 1 unspecified atom stereocenters. The Bertz CT molecular complexity index is 1140. The first-order valence-electron chi connectivity index (χ1n) is 30.0. The first-order chi connectivity index (χ1) is 33.5. The maximum Gasteiger partial charge on any atom is 0.306 e. The molecule has 0 bridgehead atoms. The fourth-order valence-corrected chi connectivity index (χ4v) is 8.86. The zero-order chi connectivity index (χ0) is 49.3. The van der Waals surface area contributed by atoms with Gasteiger partial charge in [0.05, 0.1) is 0 Å². The van der Waals surface area contributed by atoms with E-state index >= 15 is 0 Å². The van der Waals surface area contributed by atoms with Crippen LogP contribution >= 0.6 is 0 Å². The largest absolute Gasteiger partial charge is 0.462 e. The average molecular weight is 956 g/mol. The summed E-state index contributed by atoms with van der Waals surface area (Å²) in [4.78, 5) is 37.8. The molecule has 0 saturated heterocycles. The highest BCUT2D eigenvalue weighted by Crippen LogP contribution is 2.17. The van der Waals surface area contributed by atoms with Crippen LogP contribution in [-0.2, 0) is 28.6 Å². The third kappa shape index (κ3) is 54.6. The lowest BCUT2D eigenvalue weighted by molar-refractivity contribution is -0.167. The smallest absolute Gasteiger partial charge is 0.306 e. The van der Waals surface area contributed by atoms with Crippen molar-refractivity contribution in [1.82, 2.24) is 0 Å². The quantitative estimate of drug-likeness (QED) is 0.0262. The summed E-state index contributed by atoms with van der Waals surface area (Å²) in [5, 5.41) is 0. The maximum absolute atomic E-state index is 12.7. The molecule has 398 valence electrons. The minimum absolute atomic E-state index is 0.0666. The average Bonchev–Trinajstić information content (AvgIpc) is 3.34. The van der Waals surface area contributed by atoms with E-state index in [1.165, 1.54) is 212 Å². The number of unbranched alkanes of at least 4 members (excludes halogenated alkanes) is 38. The van der Waals surface area contributed by atoms with Gasteiger partial charge in [-0.1, -0.05) is 282 Å². The van der Waals surface area contributed by atoms with Crippen molar-refractivity contribution in [3.05, 3.63) is 36.5 Å². The summed E-state index contributed by atoms with van der Waals surface area (Å²) in [6.07, 6.45) is 69.1. The van der Waals surface area contributed by atoms with E-state index in [0.29, 0.717) is 19.3 Å². The summed E-state index contributed by atoms with van der Waals surface area (Å²) in [6, 6.07) is 0. The van der Waals surface area contributed by atoms with Gasteiger partial charge in [0, 0.05) is 19.3 Å². The molecular weight excluding hydrogens is 841 g/mol. The summed E-state index contributed by atoms with van der Waals surface area (Å²) in [5.41, 5.74) is 0. The molecule has 0 radical (unpaired) electrons. The number of esters is 3. The molecule has 0 rings (SSSR count). The Morgan fingerprint density at radius 2 is 0.529 bits per heavy atom. The molecule has 68 heavy (non-hydrogen) atoms. The lowest BCUT2D eigenvalue weighted by Crippen LogP contribution is -2.30. The van der Waals surface area contributed by atoms with Crippen LogP contribution < -0.4 is 0 Å². The second-order valence-electron chi connectivity index (χ2n) is 20.3. The highest BCUT2D eigenvalue weighted by atomic mass is 16.6. The molecule has 0 saturated carbocycles. The molecule has 6 nitrogen and oxygen atoms in total. The first-order valence-corrected chi connectivity index (χ1v) is 30.0. The van der Waals surface area contributed by atoms with Gasteiger partial charge >= 0.3 is 17.9 Å². The van der Waals surface area contributed by atoms with Crippen molar-refractivity contribution < 1.29 is 28.6 Å². The molecule has 0 aliphatic rings. The third-order valence-electron chi connectivity index (χ3n) is 13.4. The van der Waals surface area contributed by atoms with E-state index in [1.807, 2.05) is 0 Å². The van der Waals surface area contributed by atoms with Crippen molar-refractivity contribution in [3.63, 3.8) is 0 Å². The van der Waals surface area contributed by atoms with Gasteiger partial charge < -0.3 is 14.2 Å². The lowest BCUT2D eigenvalue weighted by Gasteiger charge is -2.18. The number of hydrogen-bond donors (Lipinski definition) is 0. The standard InChI is InChI=1S/C62H114O6/c1-4-7-10-13-16-18-20-21-22-23-24-25-26-27-28-29-30-31-32-33-34-35-36-37-38-39-40-41-42-44-46-49-52-55-61(64)67-58-59(57-66-60(63)54-51-48-45-15-12-9-6-3)68-62(65)56-53-50-47-43-19-17-14-11-8-5-2/h20-21,23-24,26-27,59H,4-19,22,25,28-58H2,1-3H3/b21-20-,24-23-,27-26-. The topological polar surface area (TPSA) is 78.9 Å². The van der Waals surface area contributed by atoms with Crippen LogP contribution in [-0.4, -0.2) is 37.2 Å². The van der Waals surface area contributed by atoms with Crippen LogP contribution in [0.4, 0.5) is 0 Å². The highest BCUT2D eigenvalue weighted by molar-refractivity contribution is 5.71. The first kappa shape index (κ1) is 65.6. The summed E-state index contributed by atoms with van der Waals surface area (Å²) in [7, 11) is 0. The van der Waals surface area contributed by atoms with Gasteiger partial charge in [-0.3, -0.25) is 14.4 Å². The number of hydrogen-bond acceptors (Lipinski definition) is 6. The number of rotatable bonds is 55. The molecule has 0 N–H and O–H groups in total. The fourth-order valence-electron chi connectivity index (χ4n) is 8.86. The third-order valence-corrected chi connectivity index (χ3v) is 13.4. The molecule has 6 heteroatoms. The summed E-state index contributed by atoms with van der Waals surface area (Å²) in [6.45, 7) is 6.60. The Hall–Kier alpha value is -2.37. The Balaban J connectivity index is 3.90.